The Kier molecular flexibility index (Phi) is 7.17. The van der Waals surface area contributed by atoms with Gasteiger partial charge in [0, 0.05) is 13.7 Å². The lowest BCUT2D eigenvalue weighted by atomic mass is 10.1. The SMILES string of the molecule is COCC(=O)NCCCCN1CCCCC1. The molecule has 0 unspecified atom stereocenters. The predicted molar refractivity (Wildman–Crippen MR) is 64.4 cm³/mol. The van der Waals surface area contributed by atoms with E-state index in [0.717, 1.165) is 13.0 Å². The van der Waals surface area contributed by atoms with Gasteiger partial charge in [-0.3, -0.25) is 4.79 Å². The molecule has 16 heavy (non-hydrogen) atoms. The topological polar surface area (TPSA) is 41.6 Å². The monoisotopic (exact) mass is 228 g/mol. The largest absolute Gasteiger partial charge is 0.375 e. The van der Waals surface area contributed by atoms with Crippen molar-refractivity contribution in [1.82, 2.24) is 10.2 Å². The van der Waals surface area contributed by atoms with E-state index in [9.17, 15) is 4.79 Å². The van der Waals surface area contributed by atoms with Crippen molar-refractivity contribution in [2.24, 2.45) is 0 Å². The number of nitrogens with zero attached hydrogens (tertiary/aromatic N) is 1. The van der Waals surface area contributed by atoms with Crippen molar-refractivity contribution in [2.45, 2.75) is 32.1 Å². The molecule has 0 radical (unpaired) electrons. The van der Waals surface area contributed by atoms with E-state index >= 15 is 0 Å². The zero-order valence-electron chi connectivity index (χ0n) is 10.3. The van der Waals surface area contributed by atoms with Crippen LogP contribution in [0.2, 0.25) is 0 Å². The van der Waals surface area contributed by atoms with Gasteiger partial charge in [0.1, 0.15) is 6.61 Å². The number of amides is 1. The Labute approximate surface area is 98.3 Å². The molecule has 4 heteroatoms. The third-order valence-corrected chi connectivity index (χ3v) is 2.95. The number of carbonyl (C=O) groups is 1. The number of likely N-dealkylation sites (tertiary alicyclic amines) is 1. The lowest BCUT2D eigenvalue weighted by Gasteiger charge is -2.26. The first-order valence-electron chi connectivity index (χ1n) is 6.31. The summed E-state index contributed by atoms with van der Waals surface area (Å²) >= 11 is 0. The second-order valence-corrected chi connectivity index (χ2v) is 4.39. The molecule has 1 fully saturated rings. The molecule has 0 aromatic heterocycles. The molecule has 0 spiro atoms. The zero-order chi connectivity index (χ0) is 11.6. The van der Waals surface area contributed by atoms with E-state index in [1.165, 1.54) is 52.4 Å². The molecule has 0 aromatic rings. The lowest BCUT2D eigenvalue weighted by molar-refractivity contribution is -0.124. The van der Waals surface area contributed by atoms with Gasteiger partial charge in [-0.25, -0.2) is 0 Å². The highest BCUT2D eigenvalue weighted by atomic mass is 16.5. The van der Waals surface area contributed by atoms with Gasteiger partial charge in [-0.05, 0) is 45.3 Å². The second-order valence-electron chi connectivity index (χ2n) is 4.39. The number of carbonyl (C=O) groups excluding carboxylic acids is 1. The van der Waals surface area contributed by atoms with Crippen molar-refractivity contribution in [3.05, 3.63) is 0 Å². The fraction of sp³-hybridized carbons (Fsp3) is 0.917. The number of unbranched alkanes of at least 4 members (excludes halogenated alkanes) is 1. The van der Waals surface area contributed by atoms with Gasteiger partial charge >= 0.3 is 0 Å². The molecule has 0 bridgehead atoms. The summed E-state index contributed by atoms with van der Waals surface area (Å²) in [7, 11) is 1.54. The maximum Gasteiger partial charge on any atom is 0.245 e. The minimum Gasteiger partial charge on any atom is -0.375 e. The molecule has 1 aliphatic rings. The van der Waals surface area contributed by atoms with Gasteiger partial charge in [0.05, 0.1) is 0 Å². The summed E-state index contributed by atoms with van der Waals surface area (Å²) < 4.78 is 4.74. The minimum absolute atomic E-state index is 0.0135. The third-order valence-electron chi connectivity index (χ3n) is 2.95. The maximum atomic E-state index is 11.1. The van der Waals surface area contributed by atoms with Crippen molar-refractivity contribution < 1.29 is 9.53 Å². The molecule has 0 aromatic carbocycles. The molecule has 1 aliphatic heterocycles. The first-order chi connectivity index (χ1) is 7.83. The molecule has 1 rings (SSSR count). The van der Waals surface area contributed by atoms with Crippen LogP contribution in [0.1, 0.15) is 32.1 Å². The number of methoxy groups -OCH3 is 1. The summed E-state index contributed by atoms with van der Waals surface area (Å²) in [5.41, 5.74) is 0. The average Bonchev–Trinajstić information content (AvgIpc) is 2.30. The zero-order valence-corrected chi connectivity index (χ0v) is 10.3. The number of hydrogen-bond acceptors (Lipinski definition) is 3. The number of piperidine rings is 1. The summed E-state index contributed by atoms with van der Waals surface area (Å²) in [6.45, 7) is 4.65. The smallest absolute Gasteiger partial charge is 0.245 e. The molecule has 4 nitrogen and oxygen atoms in total. The van der Waals surface area contributed by atoms with Gasteiger partial charge < -0.3 is 15.0 Å². The van der Waals surface area contributed by atoms with Crippen LogP contribution in [-0.4, -0.2) is 50.7 Å². The van der Waals surface area contributed by atoms with Crippen LogP contribution >= 0.6 is 0 Å². The van der Waals surface area contributed by atoms with Gasteiger partial charge in [-0.2, -0.15) is 0 Å². The highest BCUT2D eigenvalue weighted by Crippen LogP contribution is 2.08. The van der Waals surface area contributed by atoms with Crippen LogP contribution in [0.25, 0.3) is 0 Å². The molecule has 0 aliphatic carbocycles. The summed E-state index contributed by atoms with van der Waals surface area (Å²) in [6.07, 6.45) is 6.33. The van der Waals surface area contributed by atoms with Crippen LogP contribution in [-0.2, 0) is 9.53 Å². The summed E-state index contributed by atoms with van der Waals surface area (Å²) in [6, 6.07) is 0. The fourth-order valence-corrected chi connectivity index (χ4v) is 2.05. The van der Waals surface area contributed by atoms with Crippen LogP contribution < -0.4 is 5.32 Å². The van der Waals surface area contributed by atoms with Gasteiger partial charge in [0.25, 0.3) is 0 Å². The predicted octanol–water partition coefficient (Wildman–Crippen LogP) is 1.02. The number of nitrogens with one attached hydrogen (secondary N) is 1. The van der Waals surface area contributed by atoms with E-state index in [4.69, 9.17) is 4.74 Å². The molecule has 0 saturated carbocycles. The van der Waals surface area contributed by atoms with Crippen molar-refractivity contribution in [3.63, 3.8) is 0 Å². The normalized spacial score (nSPS) is 17.3. The number of ether oxygens (including phenoxy) is 1. The van der Waals surface area contributed by atoms with Gasteiger partial charge in [-0.15, -0.1) is 0 Å². The van der Waals surface area contributed by atoms with Crippen molar-refractivity contribution >= 4 is 5.91 Å². The highest BCUT2D eigenvalue weighted by molar-refractivity contribution is 5.77. The van der Waals surface area contributed by atoms with Crippen LogP contribution in [0, 0.1) is 0 Å². The molecule has 1 saturated heterocycles. The van der Waals surface area contributed by atoms with E-state index in [0.29, 0.717) is 0 Å². The minimum atomic E-state index is -0.0135. The summed E-state index contributed by atoms with van der Waals surface area (Å²) in [4.78, 5) is 13.6. The fourth-order valence-electron chi connectivity index (χ4n) is 2.05. The van der Waals surface area contributed by atoms with Crippen LogP contribution in [0.15, 0.2) is 0 Å². The first-order valence-corrected chi connectivity index (χ1v) is 6.31. The second kappa shape index (κ2) is 8.53. The Bertz CT molecular complexity index is 191. The van der Waals surface area contributed by atoms with E-state index in [1.807, 2.05) is 0 Å². The molecule has 1 N–H and O–H groups in total. The molecule has 1 amide bonds. The average molecular weight is 228 g/mol. The van der Waals surface area contributed by atoms with Crippen molar-refractivity contribution in [2.75, 3.05) is 39.9 Å². The van der Waals surface area contributed by atoms with Crippen molar-refractivity contribution in [3.8, 4) is 0 Å². The Morgan fingerprint density at radius 3 is 2.69 bits per heavy atom. The third kappa shape index (κ3) is 6.08. The first kappa shape index (κ1) is 13.5. The molecule has 0 atom stereocenters. The Morgan fingerprint density at radius 2 is 2.00 bits per heavy atom. The molecular formula is C12H24N2O2. The van der Waals surface area contributed by atoms with E-state index in [2.05, 4.69) is 10.2 Å². The number of hydrogen-bond donors (Lipinski definition) is 1. The van der Waals surface area contributed by atoms with Crippen LogP contribution in [0.4, 0.5) is 0 Å². The Morgan fingerprint density at radius 1 is 1.25 bits per heavy atom. The molecule has 1 heterocycles. The summed E-state index contributed by atoms with van der Waals surface area (Å²) in [5.74, 6) is -0.0135. The highest BCUT2D eigenvalue weighted by Gasteiger charge is 2.08. The Hall–Kier alpha value is -0.610. The quantitative estimate of drug-likeness (QED) is 0.661. The van der Waals surface area contributed by atoms with Gasteiger partial charge in [0.15, 0.2) is 0 Å². The van der Waals surface area contributed by atoms with Crippen LogP contribution in [0.5, 0.6) is 0 Å². The maximum absolute atomic E-state index is 11.1. The van der Waals surface area contributed by atoms with E-state index < -0.39 is 0 Å². The van der Waals surface area contributed by atoms with E-state index in [-0.39, 0.29) is 12.5 Å². The molecular weight excluding hydrogens is 204 g/mol. The standard InChI is InChI=1S/C12H24N2O2/c1-16-11-12(15)13-7-3-6-10-14-8-4-2-5-9-14/h2-11H2,1H3,(H,13,15). The Balaban J connectivity index is 1.89. The van der Waals surface area contributed by atoms with Crippen LogP contribution in [0.3, 0.4) is 0 Å². The molecule has 94 valence electrons. The van der Waals surface area contributed by atoms with Gasteiger partial charge in [0.2, 0.25) is 5.91 Å². The van der Waals surface area contributed by atoms with E-state index in [1.54, 1.807) is 0 Å². The van der Waals surface area contributed by atoms with Crippen molar-refractivity contribution in [1.29, 1.82) is 0 Å². The number of rotatable bonds is 7. The lowest BCUT2D eigenvalue weighted by Crippen LogP contribution is -2.32. The summed E-state index contributed by atoms with van der Waals surface area (Å²) in [5, 5.41) is 2.84. The van der Waals surface area contributed by atoms with Gasteiger partial charge in [-0.1, -0.05) is 6.42 Å².